The summed E-state index contributed by atoms with van der Waals surface area (Å²) in [4.78, 5) is 11.7. The number of carbonyl (C=O) groups is 1. The summed E-state index contributed by atoms with van der Waals surface area (Å²) in [6.07, 6.45) is 0.222. The minimum atomic E-state index is -0.802. The SMILES string of the molecule is COCCC(=O)C(C#N)c1ccccc1Cl. The van der Waals surface area contributed by atoms with Crippen molar-refractivity contribution in [2.24, 2.45) is 0 Å². The van der Waals surface area contributed by atoms with Crippen molar-refractivity contribution in [2.45, 2.75) is 12.3 Å². The van der Waals surface area contributed by atoms with E-state index in [9.17, 15) is 4.79 Å². The van der Waals surface area contributed by atoms with Gasteiger partial charge in [0.15, 0.2) is 5.78 Å². The van der Waals surface area contributed by atoms with Crippen LogP contribution in [-0.4, -0.2) is 19.5 Å². The summed E-state index contributed by atoms with van der Waals surface area (Å²) in [7, 11) is 1.52. The molecule has 1 aromatic carbocycles. The first-order chi connectivity index (χ1) is 7.70. The zero-order valence-electron chi connectivity index (χ0n) is 8.94. The smallest absolute Gasteiger partial charge is 0.156 e. The molecular formula is C12H12ClNO2. The molecule has 1 atom stereocenters. The van der Waals surface area contributed by atoms with E-state index in [0.717, 1.165) is 0 Å². The third-order valence-corrected chi connectivity index (χ3v) is 2.56. The van der Waals surface area contributed by atoms with E-state index in [1.165, 1.54) is 7.11 Å². The Labute approximate surface area is 99.6 Å². The molecule has 0 amide bonds. The Balaban J connectivity index is 2.87. The zero-order chi connectivity index (χ0) is 12.0. The van der Waals surface area contributed by atoms with E-state index in [2.05, 4.69) is 0 Å². The number of hydrogen-bond donors (Lipinski definition) is 0. The predicted octanol–water partition coefficient (Wildman–Crippen LogP) is 2.55. The summed E-state index contributed by atoms with van der Waals surface area (Å²) in [6, 6.07) is 8.87. The average molecular weight is 238 g/mol. The molecule has 0 spiro atoms. The maximum Gasteiger partial charge on any atom is 0.156 e. The first-order valence-electron chi connectivity index (χ1n) is 4.86. The maximum absolute atomic E-state index is 11.7. The maximum atomic E-state index is 11.7. The standard InChI is InChI=1S/C12H12ClNO2/c1-16-7-6-12(15)10(8-14)9-4-2-3-5-11(9)13/h2-5,10H,6-7H2,1H3. The van der Waals surface area contributed by atoms with Gasteiger partial charge in [0, 0.05) is 18.6 Å². The molecule has 0 heterocycles. The predicted molar refractivity (Wildman–Crippen MR) is 61.3 cm³/mol. The Hall–Kier alpha value is -1.37. The van der Waals surface area contributed by atoms with Crippen molar-refractivity contribution in [1.29, 1.82) is 5.26 Å². The lowest BCUT2D eigenvalue weighted by atomic mass is 9.94. The number of hydrogen-bond acceptors (Lipinski definition) is 3. The number of methoxy groups -OCH3 is 1. The molecule has 0 fully saturated rings. The fourth-order valence-corrected chi connectivity index (χ4v) is 1.62. The molecule has 0 aliphatic rings. The lowest BCUT2D eigenvalue weighted by molar-refractivity contribution is -0.120. The second-order valence-corrected chi connectivity index (χ2v) is 3.70. The van der Waals surface area contributed by atoms with E-state index in [-0.39, 0.29) is 12.2 Å². The van der Waals surface area contributed by atoms with Gasteiger partial charge < -0.3 is 4.74 Å². The van der Waals surface area contributed by atoms with Gasteiger partial charge in [0.05, 0.1) is 12.7 Å². The minimum absolute atomic E-state index is 0.169. The van der Waals surface area contributed by atoms with Crippen molar-refractivity contribution in [2.75, 3.05) is 13.7 Å². The fraction of sp³-hybridized carbons (Fsp3) is 0.333. The summed E-state index contributed by atoms with van der Waals surface area (Å²) in [6.45, 7) is 0.321. The Kier molecular flexibility index (Phi) is 4.97. The van der Waals surface area contributed by atoms with Crippen molar-refractivity contribution in [3.8, 4) is 6.07 Å². The summed E-state index contributed by atoms with van der Waals surface area (Å²) in [5.41, 5.74) is 0.563. The first kappa shape index (κ1) is 12.7. The van der Waals surface area contributed by atoms with E-state index in [4.69, 9.17) is 21.6 Å². The number of nitriles is 1. The number of nitrogens with zero attached hydrogens (tertiary/aromatic N) is 1. The van der Waals surface area contributed by atoms with Crippen LogP contribution in [-0.2, 0) is 9.53 Å². The lowest BCUT2D eigenvalue weighted by Crippen LogP contribution is -2.13. The molecule has 0 aliphatic heterocycles. The van der Waals surface area contributed by atoms with Gasteiger partial charge in [0.2, 0.25) is 0 Å². The number of benzene rings is 1. The molecule has 84 valence electrons. The zero-order valence-corrected chi connectivity index (χ0v) is 9.70. The highest BCUT2D eigenvalue weighted by atomic mass is 35.5. The monoisotopic (exact) mass is 237 g/mol. The number of ketones is 1. The van der Waals surface area contributed by atoms with Gasteiger partial charge in [-0.2, -0.15) is 5.26 Å². The van der Waals surface area contributed by atoms with Crippen LogP contribution >= 0.6 is 11.6 Å². The molecule has 4 heteroatoms. The Bertz CT molecular complexity index is 412. The quantitative estimate of drug-likeness (QED) is 0.791. The number of halogens is 1. The van der Waals surface area contributed by atoms with Gasteiger partial charge in [0.25, 0.3) is 0 Å². The first-order valence-corrected chi connectivity index (χ1v) is 5.24. The third-order valence-electron chi connectivity index (χ3n) is 2.22. The Morgan fingerprint density at radius 1 is 1.56 bits per heavy atom. The normalized spacial score (nSPS) is 11.8. The highest BCUT2D eigenvalue weighted by molar-refractivity contribution is 6.31. The molecule has 16 heavy (non-hydrogen) atoms. The number of carbonyl (C=O) groups excluding carboxylic acids is 1. The number of Topliss-reactive ketones (excluding diaryl/α,β-unsaturated/α-hetero) is 1. The van der Waals surface area contributed by atoms with E-state index >= 15 is 0 Å². The topological polar surface area (TPSA) is 50.1 Å². The molecule has 1 unspecified atom stereocenters. The molecule has 1 aromatic rings. The van der Waals surface area contributed by atoms with E-state index in [0.29, 0.717) is 17.2 Å². The van der Waals surface area contributed by atoms with Gasteiger partial charge in [-0.1, -0.05) is 29.8 Å². The molecule has 0 saturated carbocycles. The molecule has 0 N–H and O–H groups in total. The van der Waals surface area contributed by atoms with Gasteiger partial charge in [-0.05, 0) is 11.6 Å². The molecule has 0 saturated heterocycles. The van der Waals surface area contributed by atoms with E-state index in [1.54, 1.807) is 24.3 Å². The molecule has 0 aliphatic carbocycles. The molecule has 0 aromatic heterocycles. The lowest BCUT2D eigenvalue weighted by Gasteiger charge is -2.09. The van der Waals surface area contributed by atoms with E-state index in [1.807, 2.05) is 6.07 Å². The Morgan fingerprint density at radius 2 is 2.25 bits per heavy atom. The van der Waals surface area contributed by atoms with Gasteiger partial charge in [-0.25, -0.2) is 0 Å². The van der Waals surface area contributed by atoms with Crippen LogP contribution in [0.25, 0.3) is 0 Å². The van der Waals surface area contributed by atoms with E-state index < -0.39 is 5.92 Å². The summed E-state index contributed by atoms with van der Waals surface area (Å²) in [5, 5.41) is 9.45. The number of rotatable bonds is 5. The molecule has 1 rings (SSSR count). The summed E-state index contributed by atoms with van der Waals surface area (Å²) >= 11 is 5.94. The van der Waals surface area contributed by atoms with Crippen LogP contribution in [0.1, 0.15) is 17.9 Å². The van der Waals surface area contributed by atoms with Gasteiger partial charge in [-0.15, -0.1) is 0 Å². The van der Waals surface area contributed by atoms with Gasteiger partial charge in [0.1, 0.15) is 5.92 Å². The average Bonchev–Trinajstić information content (AvgIpc) is 2.30. The third kappa shape index (κ3) is 3.06. The second-order valence-electron chi connectivity index (χ2n) is 3.29. The summed E-state index contributed by atoms with van der Waals surface area (Å²) in [5.74, 6) is -0.971. The van der Waals surface area contributed by atoms with Crippen LogP contribution in [0.4, 0.5) is 0 Å². The Morgan fingerprint density at radius 3 is 2.81 bits per heavy atom. The highest BCUT2D eigenvalue weighted by Crippen LogP contribution is 2.25. The van der Waals surface area contributed by atoms with Crippen molar-refractivity contribution >= 4 is 17.4 Å². The molecule has 3 nitrogen and oxygen atoms in total. The molecule has 0 radical (unpaired) electrons. The minimum Gasteiger partial charge on any atom is -0.384 e. The van der Waals surface area contributed by atoms with Crippen LogP contribution in [0.2, 0.25) is 5.02 Å². The molecular weight excluding hydrogens is 226 g/mol. The van der Waals surface area contributed by atoms with Crippen molar-refractivity contribution in [1.82, 2.24) is 0 Å². The van der Waals surface area contributed by atoms with Crippen LogP contribution in [0.15, 0.2) is 24.3 Å². The van der Waals surface area contributed by atoms with Crippen molar-refractivity contribution in [3.05, 3.63) is 34.9 Å². The largest absolute Gasteiger partial charge is 0.384 e. The molecule has 0 bridgehead atoms. The van der Waals surface area contributed by atoms with Crippen LogP contribution in [0.3, 0.4) is 0 Å². The second kappa shape index (κ2) is 6.26. The van der Waals surface area contributed by atoms with Crippen LogP contribution in [0.5, 0.6) is 0 Å². The fourth-order valence-electron chi connectivity index (χ4n) is 1.37. The van der Waals surface area contributed by atoms with Gasteiger partial charge >= 0.3 is 0 Å². The number of ether oxygens (including phenoxy) is 1. The van der Waals surface area contributed by atoms with Crippen molar-refractivity contribution in [3.63, 3.8) is 0 Å². The van der Waals surface area contributed by atoms with Crippen LogP contribution in [0, 0.1) is 11.3 Å². The summed E-state index contributed by atoms with van der Waals surface area (Å²) < 4.78 is 4.81. The van der Waals surface area contributed by atoms with Crippen molar-refractivity contribution < 1.29 is 9.53 Å². The highest BCUT2D eigenvalue weighted by Gasteiger charge is 2.21. The van der Waals surface area contributed by atoms with Crippen LogP contribution < -0.4 is 0 Å². The van der Waals surface area contributed by atoms with Gasteiger partial charge in [-0.3, -0.25) is 4.79 Å².